The normalized spacial score (nSPS) is 16.0. The van der Waals surface area contributed by atoms with Gasteiger partial charge in [-0.1, -0.05) is 54.1 Å². The van der Waals surface area contributed by atoms with Crippen LogP contribution in [-0.4, -0.2) is 22.5 Å². The number of amides is 2. The molecule has 0 saturated carbocycles. The van der Waals surface area contributed by atoms with Crippen LogP contribution >= 0.6 is 23.4 Å². The molecule has 1 atom stereocenters. The highest BCUT2D eigenvalue weighted by Gasteiger charge is 2.32. The molecule has 1 aliphatic heterocycles. The Morgan fingerprint density at radius 2 is 1.83 bits per heavy atom. The largest absolute Gasteiger partial charge is 0.322 e. The summed E-state index contributed by atoms with van der Waals surface area (Å²) in [4.78, 5) is 27.0. The highest BCUT2D eigenvalue weighted by molar-refractivity contribution is 8.00. The van der Waals surface area contributed by atoms with E-state index in [1.807, 2.05) is 60.4 Å². The Labute approximate surface area is 185 Å². The van der Waals surface area contributed by atoms with Gasteiger partial charge < -0.3 is 10.2 Å². The summed E-state index contributed by atoms with van der Waals surface area (Å²) < 4.78 is 0. The molecule has 0 radical (unpaired) electrons. The zero-order chi connectivity index (χ0) is 21.1. The molecule has 3 aromatic rings. The number of benzene rings is 3. The molecule has 6 heteroatoms. The van der Waals surface area contributed by atoms with Crippen molar-refractivity contribution in [2.24, 2.45) is 0 Å². The van der Waals surface area contributed by atoms with Crippen LogP contribution in [0.1, 0.15) is 32.4 Å². The van der Waals surface area contributed by atoms with Crippen LogP contribution in [0.4, 0.5) is 5.69 Å². The van der Waals surface area contributed by atoms with E-state index in [1.165, 1.54) is 0 Å². The molecule has 0 bridgehead atoms. The average Bonchev–Trinajstić information content (AvgIpc) is 3.11. The van der Waals surface area contributed by atoms with Crippen LogP contribution in [0.2, 0.25) is 5.02 Å². The van der Waals surface area contributed by atoms with Crippen molar-refractivity contribution in [2.45, 2.75) is 18.8 Å². The number of nitrogens with one attached hydrogen (secondary N) is 1. The number of halogens is 1. The fourth-order valence-electron chi connectivity index (χ4n) is 3.44. The Morgan fingerprint density at radius 3 is 2.53 bits per heavy atom. The van der Waals surface area contributed by atoms with Crippen LogP contribution in [0, 0.1) is 6.92 Å². The minimum absolute atomic E-state index is 0.0478. The lowest BCUT2D eigenvalue weighted by Crippen LogP contribution is -2.27. The molecule has 1 N–H and O–H groups in total. The van der Waals surface area contributed by atoms with E-state index >= 15 is 0 Å². The number of thioether (sulfide) groups is 1. The molecule has 1 fully saturated rings. The molecule has 0 aliphatic carbocycles. The predicted molar refractivity (Wildman–Crippen MR) is 123 cm³/mol. The lowest BCUT2D eigenvalue weighted by Gasteiger charge is -2.24. The van der Waals surface area contributed by atoms with Gasteiger partial charge in [0.1, 0.15) is 5.37 Å². The van der Waals surface area contributed by atoms with E-state index in [9.17, 15) is 9.59 Å². The summed E-state index contributed by atoms with van der Waals surface area (Å²) in [6, 6.07) is 22.8. The van der Waals surface area contributed by atoms with Crippen LogP contribution in [0.25, 0.3) is 0 Å². The van der Waals surface area contributed by atoms with Gasteiger partial charge in [-0.05, 0) is 53.9 Å². The van der Waals surface area contributed by atoms with Gasteiger partial charge in [0.05, 0.1) is 5.75 Å². The number of nitrogens with zero attached hydrogens (tertiary/aromatic N) is 1. The summed E-state index contributed by atoms with van der Waals surface area (Å²) in [5, 5.41) is 3.51. The van der Waals surface area contributed by atoms with Gasteiger partial charge in [0.2, 0.25) is 5.91 Å². The third-order valence-corrected chi connectivity index (χ3v) is 6.55. The number of carbonyl (C=O) groups is 2. The van der Waals surface area contributed by atoms with Gasteiger partial charge in [0, 0.05) is 22.8 Å². The van der Waals surface area contributed by atoms with Crippen LogP contribution in [-0.2, 0) is 11.3 Å². The highest BCUT2D eigenvalue weighted by atomic mass is 35.5. The number of carbonyl (C=O) groups excluding carboxylic acids is 2. The number of rotatable bonds is 5. The van der Waals surface area contributed by atoms with Gasteiger partial charge in [-0.25, -0.2) is 0 Å². The Balaban J connectivity index is 1.48. The summed E-state index contributed by atoms with van der Waals surface area (Å²) in [5.74, 6) is 0.424. The second-order valence-corrected chi connectivity index (χ2v) is 8.71. The van der Waals surface area contributed by atoms with Crippen molar-refractivity contribution in [1.29, 1.82) is 0 Å². The molecule has 1 aliphatic rings. The molecule has 0 aromatic heterocycles. The monoisotopic (exact) mass is 436 g/mol. The van der Waals surface area contributed by atoms with Crippen molar-refractivity contribution >= 4 is 40.9 Å². The number of aryl methyl sites for hydroxylation is 1. The van der Waals surface area contributed by atoms with Crippen LogP contribution < -0.4 is 5.32 Å². The second kappa shape index (κ2) is 8.94. The van der Waals surface area contributed by atoms with Crippen molar-refractivity contribution < 1.29 is 9.59 Å². The maximum Gasteiger partial charge on any atom is 0.255 e. The number of hydrogen-bond acceptors (Lipinski definition) is 3. The average molecular weight is 437 g/mol. The van der Waals surface area contributed by atoms with Gasteiger partial charge in [0.15, 0.2) is 0 Å². The van der Waals surface area contributed by atoms with Gasteiger partial charge in [-0.15, -0.1) is 11.8 Å². The van der Waals surface area contributed by atoms with E-state index in [4.69, 9.17) is 11.6 Å². The maximum atomic E-state index is 12.6. The van der Waals surface area contributed by atoms with Gasteiger partial charge in [0.25, 0.3) is 5.91 Å². The van der Waals surface area contributed by atoms with E-state index in [-0.39, 0.29) is 17.2 Å². The van der Waals surface area contributed by atoms with Crippen LogP contribution in [0.5, 0.6) is 0 Å². The zero-order valence-corrected chi connectivity index (χ0v) is 18.0. The number of hydrogen-bond donors (Lipinski definition) is 1. The lowest BCUT2D eigenvalue weighted by atomic mass is 10.1. The topological polar surface area (TPSA) is 49.4 Å². The molecule has 0 spiro atoms. The second-order valence-electron chi connectivity index (χ2n) is 7.21. The summed E-state index contributed by atoms with van der Waals surface area (Å²) in [6.07, 6.45) is 0. The standard InChI is InChI=1S/C24H21ClN2O2S/c1-16-13-20(25)11-12-21(16)26-23(29)18-7-9-19(10-8-18)24-27(22(28)15-30-24)14-17-5-3-2-4-6-17/h2-13,24H,14-15H2,1H3,(H,26,29)/t24-/m1/s1. The van der Waals surface area contributed by atoms with Gasteiger partial charge >= 0.3 is 0 Å². The molecule has 3 aromatic carbocycles. The summed E-state index contributed by atoms with van der Waals surface area (Å²) in [7, 11) is 0. The Kier molecular flexibility index (Phi) is 6.11. The first-order valence-electron chi connectivity index (χ1n) is 9.64. The Hall–Kier alpha value is -2.76. The van der Waals surface area contributed by atoms with Crippen LogP contribution in [0.3, 0.4) is 0 Å². The Bertz CT molecular complexity index is 1070. The minimum atomic E-state index is -0.178. The predicted octanol–water partition coefficient (Wildman–Crippen LogP) is 5.67. The number of anilines is 1. The fraction of sp³-hybridized carbons (Fsp3) is 0.167. The van der Waals surface area contributed by atoms with Crippen molar-refractivity contribution in [3.63, 3.8) is 0 Å². The zero-order valence-electron chi connectivity index (χ0n) is 16.5. The Morgan fingerprint density at radius 1 is 1.10 bits per heavy atom. The summed E-state index contributed by atoms with van der Waals surface area (Å²) in [5.41, 5.74) is 4.33. The van der Waals surface area contributed by atoms with Crippen molar-refractivity contribution in [3.05, 3.63) is 100 Å². The molecule has 4 nitrogen and oxygen atoms in total. The van der Waals surface area contributed by atoms with E-state index in [0.29, 0.717) is 22.9 Å². The molecular weight excluding hydrogens is 416 g/mol. The lowest BCUT2D eigenvalue weighted by molar-refractivity contribution is -0.128. The molecule has 30 heavy (non-hydrogen) atoms. The van der Waals surface area contributed by atoms with Gasteiger partial charge in [-0.2, -0.15) is 0 Å². The minimum Gasteiger partial charge on any atom is -0.322 e. The van der Waals surface area contributed by atoms with E-state index in [1.54, 1.807) is 36.0 Å². The van der Waals surface area contributed by atoms with E-state index in [2.05, 4.69) is 5.32 Å². The van der Waals surface area contributed by atoms with Crippen molar-refractivity contribution in [2.75, 3.05) is 11.1 Å². The molecule has 4 rings (SSSR count). The fourth-order valence-corrected chi connectivity index (χ4v) is 4.86. The van der Waals surface area contributed by atoms with E-state index < -0.39 is 0 Å². The third-order valence-electron chi connectivity index (χ3n) is 5.06. The molecule has 1 heterocycles. The van der Waals surface area contributed by atoms with Gasteiger partial charge in [-0.3, -0.25) is 9.59 Å². The SMILES string of the molecule is Cc1cc(Cl)ccc1NC(=O)c1ccc([C@H]2SCC(=O)N2Cc2ccccc2)cc1. The molecule has 152 valence electrons. The summed E-state index contributed by atoms with van der Waals surface area (Å²) in [6.45, 7) is 2.48. The van der Waals surface area contributed by atoms with Crippen molar-refractivity contribution in [3.8, 4) is 0 Å². The molecular formula is C24H21ClN2O2S. The van der Waals surface area contributed by atoms with E-state index in [0.717, 1.165) is 22.4 Å². The molecule has 1 saturated heterocycles. The smallest absolute Gasteiger partial charge is 0.255 e. The first-order chi connectivity index (χ1) is 14.5. The highest BCUT2D eigenvalue weighted by Crippen LogP contribution is 2.39. The van der Waals surface area contributed by atoms with Crippen LogP contribution in [0.15, 0.2) is 72.8 Å². The molecule has 0 unspecified atom stereocenters. The maximum absolute atomic E-state index is 12.6. The quantitative estimate of drug-likeness (QED) is 0.560. The third kappa shape index (κ3) is 4.53. The first kappa shape index (κ1) is 20.5. The summed E-state index contributed by atoms with van der Waals surface area (Å²) >= 11 is 7.59. The van der Waals surface area contributed by atoms with Crippen molar-refractivity contribution in [1.82, 2.24) is 4.90 Å². The first-order valence-corrected chi connectivity index (χ1v) is 11.1. The molecule has 2 amide bonds.